The first-order valence-electron chi connectivity index (χ1n) is 39.1. The molecule has 14 rings (SSSR count). The van der Waals surface area contributed by atoms with Crippen LogP contribution in [0.25, 0.3) is 98.5 Å². The van der Waals surface area contributed by atoms with Crippen molar-refractivity contribution in [3.8, 4) is 11.3 Å². The van der Waals surface area contributed by atoms with Gasteiger partial charge in [-0.1, -0.05) is 85.7 Å². The molecule has 0 radical (unpaired) electrons. The molecule has 13 aromatic rings. The summed E-state index contributed by atoms with van der Waals surface area (Å²) in [5.41, 5.74) is 16.1. The highest BCUT2D eigenvalue weighted by Gasteiger charge is 2.29. The summed E-state index contributed by atoms with van der Waals surface area (Å²) in [7, 11) is 6.51. The maximum atomic E-state index is 12.2. The molecule has 0 unspecified atom stereocenters. The van der Waals surface area contributed by atoms with Crippen LogP contribution in [0.2, 0.25) is 0 Å². The Morgan fingerprint density at radius 1 is 0.468 bits per heavy atom. The number of Topliss-reactive ketones (excluding diaryl/α,β-unsaturated/α-hetero) is 2. The van der Waals surface area contributed by atoms with Crippen LogP contribution in [0.3, 0.4) is 0 Å². The summed E-state index contributed by atoms with van der Waals surface area (Å²) in [6.07, 6.45) is 2.31. The Bertz CT molecular complexity index is 5260. The Morgan fingerprint density at radius 2 is 0.847 bits per heavy atom. The van der Waals surface area contributed by atoms with E-state index in [-0.39, 0.29) is 29.3 Å². The SMILES string of the molecule is CCN(CC)CCn1c2ccc(C(=O)CO)cc2c2cc(C(=O)OC)ccc21.CCN(CC)CCn1c2ccc(C(=O)NC)cc2c2cc(C(=O)NC)ccc21.CCN(CC)CCn1c2ccc(C(C)=O)cc2c2cc(-c3ccnc(C)n3)ccc21.CCN(CC)CCn1c2ccccc2c2c3c(ccc21)CC(=O)N3C. The van der Waals surface area contributed by atoms with E-state index in [2.05, 4.69) is 175 Å². The largest absolute Gasteiger partial charge is 0.465 e. The quantitative estimate of drug-likeness (QED) is 0.0322. The van der Waals surface area contributed by atoms with Gasteiger partial charge in [-0.15, -0.1) is 0 Å². The van der Waals surface area contributed by atoms with Crippen molar-refractivity contribution in [1.29, 1.82) is 0 Å². The first-order chi connectivity index (χ1) is 53.7. The highest BCUT2D eigenvalue weighted by Crippen LogP contribution is 2.42. The van der Waals surface area contributed by atoms with Gasteiger partial charge in [-0.25, -0.2) is 14.8 Å². The first-order valence-corrected chi connectivity index (χ1v) is 39.1. The van der Waals surface area contributed by atoms with E-state index in [0.29, 0.717) is 28.7 Å². The van der Waals surface area contributed by atoms with Crippen LogP contribution in [0, 0.1) is 6.92 Å². The van der Waals surface area contributed by atoms with Gasteiger partial charge >= 0.3 is 5.97 Å². The molecule has 0 fully saturated rings. The highest BCUT2D eigenvalue weighted by molar-refractivity contribution is 6.21. The van der Waals surface area contributed by atoms with E-state index >= 15 is 0 Å². The molecule has 8 aromatic carbocycles. The molecule has 6 heterocycles. The summed E-state index contributed by atoms with van der Waals surface area (Å²) in [4.78, 5) is 92.7. The number of aryl methyl sites for hydroxylation is 1. The normalized spacial score (nSPS) is 12.1. The van der Waals surface area contributed by atoms with Gasteiger partial charge in [0.15, 0.2) is 11.6 Å². The van der Waals surface area contributed by atoms with Crippen LogP contribution in [-0.4, -0.2) is 202 Å². The molecular weight excluding hydrogens is 1390 g/mol. The van der Waals surface area contributed by atoms with E-state index in [9.17, 15) is 33.9 Å². The Balaban J connectivity index is 0.000000147. The molecule has 580 valence electrons. The van der Waals surface area contributed by atoms with E-state index in [4.69, 9.17) is 4.74 Å². The number of aliphatic hydroxyl groups is 1. The van der Waals surface area contributed by atoms with Gasteiger partial charge in [-0.05, 0) is 193 Å². The zero-order valence-corrected chi connectivity index (χ0v) is 67.0. The van der Waals surface area contributed by atoms with Crippen LogP contribution in [0.1, 0.15) is 125 Å². The van der Waals surface area contributed by atoms with Crippen LogP contribution in [0.4, 0.5) is 5.69 Å². The predicted octanol–water partition coefficient (Wildman–Crippen LogP) is 14.7. The van der Waals surface area contributed by atoms with Gasteiger partial charge < -0.3 is 63.2 Å². The summed E-state index contributed by atoms with van der Waals surface area (Å²) in [5.74, 6) is 0.0736. The fraction of sp³-hybridized carbons (Fsp3) is 0.356. The number of aromatic nitrogens is 6. The number of hydrogen-bond donors (Lipinski definition) is 3. The number of amides is 3. The van der Waals surface area contributed by atoms with E-state index in [1.54, 1.807) is 45.4 Å². The number of para-hydroxylation sites is 1. The second-order valence-corrected chi connectivity index (χ2v) is 28.0. The molecule has 0 saturated heterocycles. The van der Waals surface area contributed by atoms with Crippen LogP contribution in [0.15, 0.2) is 158 Å². The molecule has 0 bridgehead atoms. The first kappa shape index (κ1) is 81.1. The molecular formula is C90H107N13O8. The molecule has 3 amide bonds. The Kier molecular flexibility index (Phi) is 26.8. The molecule has 0 saturated carbocycles. The van der Waals surface area contributed by atoms with Crippen molar-refractivity contribution in [2.45, 2.75) is 102 Å². The summed E-state index contributed by atoms with van der Waals surface area (Å²) in [6, 6.07) is 49.9. The number of hydrogen-bond acceptors (Lipinski definition) is 14. The minimum atomic E-state index is -0.528. The van der Waals surface area contributed by atoms with E-state index in [1.807, 2.05) is 91.7 Å². The van der Waals surface area contributed by atoms with Gasteiger partial charge in [-0.2, -0.15) is 0 Å². The monoisotopic (exact) mass is 1500 g/mol. The van der Waals surface area contributed by atoms with Crippen LogP contribution < -0.4 is 15.5 Å². The number of anilines is 1. The topological polar surface area (TPSA) is 218 Å². The third-order valence-electron chi connectivity index (χ3n) is 22.1. The number of ether oxygens (including phenoxy) is 1. The van der Waals surface area contributed by atoms with Crippen molar-refractivity contribution in [2.75, 3.05) is 118 Å². The molecule has 0 atom stereocenters. The van der Waals surface area contributed by atoms with Gasteiger partial charge in [0.25, 0.3) is 11.8 Å². The third kappa shape index (κ3) is 17.2. The Morgan fingerprint density at radius 3 is 1.28 bits per heavy atom. The number of carbonyl (C=O) groups excluding carboxylic acids is 6. The number of nitrogens with zero attached hydrogens (tertiary/aromatic N) is 11. The lowest BCUT2D eigenvalue weighted by molar-refractivity contribution is -0.117. The van der Waals surface area contributed by atoms with Crippen LogP contribution in [-0.2, 0) is 42.1 Å². The fourth-order valence-electron chi connectivity index (χ4n) is 15.6. The average Bonchev–Trinajstić information content (AvgIpc) is 1.58. The van der Waals surface area contributed by atoms with Crippen molar-refractivity contribution in [3.05, 3.63) is 197 Å². The summed E-state index contributed by atoms with van der Waals surface area (Å²) in [6.45, 7) is 36.0. The van der Waals surface area contributed by atoms with Crippen molar-refractivity contribution < 1.29 is 38.6 Å². The number of nitrogens with one attached hydrogen (secondary N) is 2. The average molecular weight is 1500 g/mol. The van der Waals surface area contributed by atoms with E-state index in [1.165, 1.54) is 34.4 Å². The smallest absolute Gasteiger partial charge is 0.337 e. The van der Waals surface area contributed by atoms with E-state index < -0.39 is 12.6 Å². The number of carbonyl (C=O) groups is 6. The Labute approximate surface area is 650 Å². The maximum Gasteiger partial charge on any atom is 0.337 e. The van der Waals surface area contributed by atoms with Gasteiger partial charge in [0, 0.05) is 189 Å². The number of benzene rings is 8. The molecule has 21 heteroatoms. The molecule has 1 aliphatic rings. The third-order valence-corrected chi connectivity index (χ3v) is 22.1. The number of esters is 1. The molecule has 21 nitrogen and oxygen atoms in total. The van der Waals surface area contributed by atoms with Crippen LogP contribution in [0.5, 0.6) is 0 Å². The van der Waals surface area contributed by atoms with Gasteiger partial charge in [0.05, 0.1) is 36.0 Å². The number of methoxy groups -OCH3 is 1. The van der Waals surface area contributed by atoms with Gasteiger partial charge in [0.1, 0.15) is 12.4 Å². The predicted molar refractivity (Wildman–Crippen MR) is 451 cm³/mol. The summed E-state index contributed by atoms with van der Waals surface area (Å²) in [5, 5.41) is 23.1. The van der Waals surface area contributed by atoms with Crippen molar-refractivity contribution in [1.82, 2.24) is 58.5 Å². The standard InChI is InChI=1S/C25H28N4O.C22H28N4O2.C22H26N2O4.C21H25N3O/c1-5-28(6-2)13-14-29-24-9-7-19(17(3)30)15-21(24)22-16-20(8-10-25(22)29)23-11-12-26-18(4)27-23;1-5-25(6-2)11-12-26-19-9-7-15(21(27)23-3)13-17(19)18-14-16(22(28)24-4)8-10-20(18)26;1-4-23(5-2)10-11-24-19-8-6-15(21(26)14-25)12-17(19)18-13-16(22(27)28-3)7-9-20(18)24;1-4-23(5-2)12-13-24-17-9-7-6-8-16(17)20-18(24)11-10-15-14-19(25)22(3)21(15)20/h7-12,15-16H,5-6,13-14H2,1-4H3;7-10,13-14H,5-6,11-12H2,1-4H3,(H,23,27)(H,24,28);6-9,12-13,25H,4-5,10-11,14H2,1-3H3;6-11H,4-5,12-14H2,1-3H3. The highest BCUT2D eigenvalue weighted by atomic mass is 16.5. The zero-order chi connectivity index (χ0) is 79.3. The lowest BCUT2D eigenvalue weighted by Crippen LogP contribution is -2.27. The summed E-state index contributed by atoms with van der Waals surface area (Å²) < 4.78 is 14.1. The summed E-state index contributed by atoms with van der Waals surface area (Å²) >= 11 is 0. The number of ketones is 2. The maximum absolute atomic E-state index is 12.2. The van der Waals surface area contributed by atoms with E-state index in [0.717, 1.165) is 199 Å². The number of rotatable bonds is 27. The molecule has 1 aliphatic heterocycles. The minimum Gasteiger partial charge on any atom is -0.465 e. The lowest BCUT2D eigenvalue weighted by Gasteiger charge is -2.19. The lowest BCUT2D eigenvalue weighted by atomic mass is 10.0. The van der Waals surface area contributed by atoms with Gasteiger partial charge in [0.2, 0.25) is 5.91 Å². The second kappa shape index (κ2) is 36.7. The second-order valence-electron chi connectivity index (χ2n) is 28.0. The number of likely N-dealkylation sites (N-methyl/N-ethyl adjacent to an activating group) is 5. The molecule has 0 spiro atoms. The van der Waals surface area contributed by atoms with Crippen LogP contribution >= 0.6 is 0 Å². The number of fused-ring (bicyclic) bond motifs is 14. The van der Waals surface area contributed by atoms with Crippen molar-refractivity contribution >= 4 is 128 Å². The molecule has 0 aliphatic carbocycles. The molecule has 5 aromatic heterocycles. The number of aliphatic hydroxyl groups excluding tert-OH is 1. The fourth-order valence-corrected chi connectivity index (χ4v) is 15.6. The Hall–Kier alpha value is -10.9. The minimum absolute atomic E-state index is 0.0866. The zero-order valence-electron chi connectivity index (χ0n) is 67.0. The molecule has 3 N–H and O–H groups in total. The molecule has 111 heavy (non-hydrogen) atoms. The van der Waals surface area contributed by atoms with Crippen molar-refractivity contribution in [3.63, 3.8) is 0 Å². The van der Waals surface area contributed by atoms with Crippen molar-refractivity contribution in [2.24, 2.45) is 0 Å². The van der Waals surface area contributed by atoms with Gasteiger partial charge in [-0.3, -0.25) is 24.0 Å².